The quantitative estimate of drug-likeness (QED) is 0.519. The van der Waals surface area contributed by atoms with Gasteiger partial charge in [-0.25, -0.2) is 0 Å². The van der Waals surface area contributed by atoms with E-state index in [-0.39, 0.29) is 29.0 Å². The van der Waals surface area contributed by atoms with Gasteiger partial charge in [0.2, 0.25) is 0 Å². The highest BCUT2D eigenvalue weighted by Crippen LogP contribution is 2.42. The lowest BCUT2D eigenvalue weighted by Gasteiger charge is -2.30. The second-order valence-corrected chi connectivity index (χ2v) is 6.93. The molecule has 4 rings (SSSR count). The molecule has 0 amide bonds. The van der Waals surface area contributed by atoms with Gasteiger partial charge in [0.25, 0.3) is 5.69 Å². The molecule has 2 aromatic carbocycles. The number of nitrogens with zero attached hydrogens (tertiary/aromatic N) is 2. The van der Waals surface area contributed by atoms with Crippen LogP contribution in [0.5, 0.6) is 23.0 Å². The smallest absolute Gasteiger partial charge is 0.269 e. The Labute approximate surface area is 166 Å². The fourth-order valence-electron chi connectivity index (χ4n) is 3.52. The summed E-state index contributed by atoms with van der Waals surface area (Å²) in [5.41, 5.74) is 0.258. The zero-order valence-corrected chi connectivity index (χ0v) is 15.6. The van der Waals surface area contributed by atoms with Gasteiger partial charge in [-0.2, -0.15) is 0 Å². The van der Waals surface area contributed by atoms with Gasteiger partial charge in [0.15, 0.2) is 5.76 Å². The number of non-ortho nitro benzene ring substituents is 1. The number of ether oxygens (including phenoxy) is 1. The Balaban J connectivity index is 1.58. The normalized spacial score (nSPS) is 17.6. The monoisotopic (exact) mass is 399 g/mol. The minimum Gasteiger partial charge on any atom is -0.508 e. The number of phenols is 2. The molecule has 0 bridgehead atoms. The van der Waals surface area contributed by atoms with Crippen LogP contribution in [-0.4, -0.2) is 45.9 Å². The number of aromatic hydroxyl groups is 2. The van der Waals surface area contributed by atoms with Crippen molar-refractivity contribution >= 4 is 11.4 Å². The summed E-state index contributed by atoms with van der Waals surface area (Å²) in [5, 5.41) is 36.4. The number of rotatable bonds is 5. The van der Waals surface area contributed by atoms with Crippen molar-refractivity contribution in [3.63, 3.8) is 0 Å². The molecule has 1 saturated heterocycles. The maximum atomic E-state index is 10.8. The minimum absolute atomic E-state index is 0.0595. The van der Waals surface area contributed by atoms with Crippen molar-refractivity contribution in [3.8, 4) is 23.0 Å². The number of nitro benzene ring substituents is 1. The molecule has 0 spiro atoms. The van der Waals surface area contributed by atoms with Gasteiger partial charge < -0.3 is 25.1 Å². The molecule has 152 valence electrons. The zero-order chi connectivity index (χ0) is 20.4. The van der Waals surface area contributed by atoms with Crippen molar-refractivity contribution in [2.24, 2.45) is 0 Å². The molecule has 0 unspecified atom stereocenters. The first kappa shape index (κ1) is 19.0. The van der Waals surface area contributed by atoms with Gasteiger partial charge in [0, 0.05) is 30.3 Å². The third kappa shape index (κ3) is 4.10. The van der Waals surface area contributed by atoms with E-state index in [1.165, 1.54) is 36.4 Å². The van der Waals surface area contributed by atoms with E-state index in [1.807, 2.05) is 11.1 Å². The fourth-order valence-corrected chi connectivity index (χ4v) is 3.52. The Morgan fingerprint density at radius 3 is 2.59 bits per heavy atom. The zero-order valence-electron chi connectivity index (χ0n) is 15.6. The SMILES string of the molecule is O=[N+]([O-])c1ccc(Oc2cc(O)cc(O)c2C2=CCN(C3CCNCC3)O2)cc1. The minimum atomic E-state index is -0.498. The van der Waals surface area contributed by atoms with Crippen LogP contribution in [0.2, 0.25) is 0 Å². The molecule has 0 aliphatic carbocycles. The van der Waals surface area contributed by atoms with Crippen molar-refractivity contribution in [1.29, 1.82) is 0 Å². The summed E-state index contributed by atoms with van der Waals surface area (Å²) in [7, 11) is 0. The molecule has 3 N–H and O–H groups in total. The lowest BCUT2D eigenvalue weighted by atomic mass is 10.1. The standard InChI is InChI=1S/C20H21N3O6/c24-15-11-17(25)20(18-7-10-22(29-18)13-5-8-21-9-6-13)19(12-15)28-16-3-1-14(2-4-16)23(26)27/h1-4,7,11-13,21,24-25H,5-6,8-10H2. The summed E-state index contributed by atoms with van der Waals surface area (Å²) in [6, 6.07) is 8.42. The van der Waals surface area contributed by atoms with Gasteiger partial charge in [-0.3, -0.25) is 10.1 Å². The lowest BCUT2D eigenvalue weighted by Crippen LogP contribution is -2.41. The Bertz CT molecular complexity index is 938. The molecule has 2 aromatic rings. The van der Waals surface area contributed by atoms with Crippen LogP contribution in [0.3, 0.4) is 0 Å². The van der Waals surface area contributed by atoms with Crippen LogP contribution < -0.4 is 10.1 Å². The molecule has 0 radical (unpaired) electrons. The number of hydroxylamine groups is 2. The second-order valence-electron chi connectivity index (χ2n) is 6.93. The van der Waals surface area contributed by atoms with E-state index >= 15 is 0 Å². The van der Waals surface area contributed by atoms with Crippen molar-refractivity contribution in [1.82, 2.24) is 10.4 Å². The third-order valence-electron chi connectivity index (χ3n) is 4.98. The highest BCUT2D eigenvalue weighted by Gasteiger charge is 2.30. The van der Waals surface area contributed by atoms with Crippen LogP contribution in [0.4, 0.5) is 5.69 Å². The molecular weight excluding hydrogens is 378 g/mol. The Morgan fingerprint density at radius 1 is 1.17 bits per heavy atom. The predicted octanol–water partition coefficient (Wildman–Crippen LogP) is 3.14. The summed E-state index contributed by atoms with van der Waals surface area (Å²) >= 11 is 0. The third-order valence-corrected chi connectivity index (χ3v) is 4.98. The second kappa shape index (κ2) is 7.98. The van der Waals surface area contributed by atoms with E-state index in [0.29, 0.717) is 23.6 Å². The van der Waals surface area contributed by atoms with Crippen LogP contribution >= 0.6 is 0 Å². The molecule has 0 atom stereocenters. The van der Waals surface area contributed by atoms with Crippen LogP contribution in [0.15, 0.2) is 42.5 Å². The van der Waals surface area contributed by atoms with E-state index in [0.717, 1.165) is 25.9 Å². The molecular formula is C20H21N3O6. The molecule has 1 fully saturated rings. The van der Waals surface area contributed by atoms with Crippen molar-refractivity contribution in [2.75, 3.05) is 19.6 Å². The van der Waals surface area contributed by atoms with E-state index in [2.05, 4.69) is 5.32 Å². The van der Waals surface area contributed by atoms with Crippen molar-refractivity contribution < 1.29 is 24.7 Å². The molecule has 9 heteroatoms. The van der Waals surface area contributed by atoms with Crippen LogP contribution in [0, 0.1) is 10.1 Å². The largest absolute Gasteiger partial charge is 0.508 e. The molecule has 0 saturated carbocycles. The van der Waals surface area contributed by atoms with E-state index in [1.54, 1.807) is 0 Å². The number of phenolic OH excluding ortho intramolecular Hbond substituents is 2. The lowest BCUT2D eigenvalue weighted by molar-refractivity contribution is -0.384. The number of nitrogens with one attached hydrogen (secondary N) is 1. The Kier molecular flexibility index (Phi) is 5.24. The van der Waals surface area contributed by atoms with E-state index in [9.17, 15) is 20.3 Å². The first-order chi connectivity index (χ1) is 14.0. The molecule has 29 heavy (non-hydrogen) atoms. The van der Waals surface area contributed by atoms with E-state index in [4.69, 9.17) is 9.57 Å². The number of piperidine rings is 1. The fraction of sp³-hybridized carbons (Fsp3) is 0.300. The molecule has 2 aliphatic heterocycles. The van der Waals surface area contributed by atoms with Crippen molar-refractivity contribution in [2.45, 2.75) is 18.9 Å². The topological polar surface area (TPSA) is 117 Å². The highest BCUT2D eigenvalue weighted by molar-refractivity contribution is 5.73. The maximum Gasteiger partial charge on any atom is 0.269 e. The molecule has 2 aliphatic rings. The Morgan fingerprint density at radius 2 is 1.90 bits per heavy atom. The average molecular weight is 399 g/mol. The van der Waals surface area contributed by atoms with Crippen LogP contribution in [-0.2, 0) is 4.84 Å². The van der Waals surface area contributed by atoms with Crippen LogP contribution in [0.1, 0.15) is 18.4 Å². The number of nitro groups is 1. The predicted molar refractivity (Wildman–Crippen MR) is 105 cm³/mol. The summed E-state index contributed by atoms with van der Waals surface area (Å²) in [6.45, 7) is 2.44. The number of benzene rings is 2. The van der Waals surface area contributed by atoms with Crippen LogP contribution in [0.25, 0.3) is 5.76 Å². The summed E-state index contributed by atoms with van der Waals surface area (Å²) in [6.07, 6.45) is 3.79. The first-order valence-corrected chi connectivity index (χ1v) is 9.35. The number of hydrogen-bond donors (Lipinski definition) is 3. The summed E-state index contributed by atoms with van der Waals surface area (Å²) in [5.74, 6) is 0.612. The average Bonchev–Trinajstić information content (AvgIpc) is 3.18. The highest BCUT2D eigenvalue weighted by atomic mass is 16.7. The van der Waals surface area contributed by atoms with Gasteiger partial charge in [-0.15, -0.1) is 5.06 Å². The molecule has 9 nitrogen and oxygen atoms in total. The maximum absolute atomic E-state index is 10.8. The molecule has 2 heterocycles. The van der Waals surface area contributed by atoms with Gasteiger partial charge in [-0.1, -0.05) is 0 Å². The number of hydrogen-bond acceptors (Lipinski definition) is 8. The summed E-state index contributed by atoms with van der Waals surface area (Å²) in [4.78, 5) is 16.3. The Hall–Kier alpha value is -3.30. The van der Waals surface area contributed by atoms with Gasteiger partial charge in [0.1, 0.15) is 28.6 Å². The summed E-state index contributed by atoms with van der Waals surface area (Å²) < 4.78 is 5.81. The van der Waals surface area contributed by atoms with Crippen molar-refractivity contribution in [3.05, 3.63) is 58.2 Å². The first-order valence-electron chi connectivity index (χ1n) is 9.35. The van der Waals surface area contributed by atoms with Gasteiger partial charge in [0.05, 0.1) is 11.5 Å². The van der Waals surface area contributed by atoms with Gasteiger partial charge in [-0.05, 0) is 44.1 Å². The van der Waals surface area contributed by atoms with Gasteiger partial charge >= 0.3 is 0 Å². The molecule has 0 aromatic heterocycles. The van der Waals surface area contributed by atoms with E-state index < -0.39 is 4.92 Å².